The zero-order valence-corrected chi connectivity index (χ0v) is 13.3. The lowest BCUT2D eigenvalue weighted by atomic mass is 9.94. The molecule has 0 amide bonds. The van der Waals surface area contributed by atoms with Crippen LogP contribution in [-0.2, 0) is 4.74 Å². The maximum Gasteiger partial charge on any atom is 0.0787 e. The van der Waals surface area contributed by atoms with Gasteiger partial charge in [0.2, 0.25) is 0 Å². The number of hydrogen-bond acceptors (Lipinski definition) is 4. The Hall–Kier alpha value is -0.160. The molecule has 0 aromatic carbocycles. The van der Waals surface area contributed by atoms with Crippen molar-refractivity contribution in [2.75, 3.05) is 46.3 Å². The molecule has 2 saturated heterocycles. The highest BCUT2D eigenvalue weighted by Crippen LogP contribution is 2.37. The van der Waals surface area contributed by atoms with Crippen LogP contribution in [0.1, 0.15) is 34.1 Å². The lowest BCUT2D eigenvalue weighted by Gasteiger charge is -2.33. The Balaban J connectivity index is 1.71. The Kier molecular flexibility index (Phi) is 4.56. The van der Waals surface area contributed by atoms with Gasteiger partial charge in [0.1, 0.15) is 0 Å². The Morgan fingerprint density at radius 3 is 2.26 bits per heavy atom. The predicted molar refractivity (Wildman–Crippen MR) is 79.6 cm³/mol. The molecule has 0 spiro atoms. The molecule has 2 fully saturated rings. The third-order valence-corrected chi connectivity index (χ3v) is 4.49. The molecule has 1 N–H and O–H groups in total. The molecule has 0 radical (unpaired) electrons. The number of ether oxygens (including phenoxy) is 1. The molecular formula is C15H31N3O. The van der Waals surface area contributed by atoms with Gasteiger partial charge in [-0.1, -0.05) is 0 Å². The van der Waals surface area contributed by atoms with Crippen molar-refractivity contribution in [3.63, 3.8) is 0 Å². The number of hydrogen-bond donors (Lipinski definition) is 1. The Bertz CT molecular complexity index is 296. The van der Waals surface area contributed by atoms with Crippen LogP contribution in [0.4, 0.5) is 0 Å². The van der Waals surface area contributed by atoms with Crippen molar-refractivity contribution < 1.29 is 4.74 Å². The molecule has 2 aliphatic heterocycles. The van der Waals surface area contributed by atoms with Crippen molar-refractivity contribution in [1.29, 1.82) is 0 Å². The summed E-state index contributed by atoms with van der Waals surface area (Å²) in [6, 6.07) is 0.468. The van der Waals surface area contributed by atoms with Gasteiger partial charge < -0.3 is 15.0 Å². The van der Waals surface area contributed by atoms with Gasteiger partial charge in [-0.25, -0.2) is 0 Å². The summed E-state index contributed by atoms with van der Waals surface area (Å²) in [6.45, 7) is 15.8. The minimum Gasteiger partial charge on any atom is -0.368 e. The van der Waals surface area contributed by atoms with Crippen molar-refractivity contribution in [2.24, 2.45) is 0 Å². The van der Waals surface area contributed by atoms with Crippen LogP contribution < -0.4 is 5.32 Å². The maximum atomic E-state index is 6.12. The van der Waals surface area contributed by atoms with Crippen molar-refractivity contribution in [1.82, 2.24) is 15.1 Å². The van der Waals surface area contributed by atoms with Crippen molar-refractivity contribution in [3.05, 3.63) is 0 Å². The molecule has 0 aromatic heterocycles. The summed E-state index contributed by atoms with van der Waals surface area (Å²) in [7, 11) is 2.20. The molecule has 2 aliphatic rings. The second-order valence-corrected chi connectivity index (χ2v) is 7.32. The zero-order valence-electron chi connectivity index (χ0n) is 13.3. The van der Waals surface area contributed by atoms with E-state index in [0.717, 1.165) is 19.5 Å². The van der Waals surface area contributed by atoms with Gasteiger partial charge in [-0.15, -0.1) is 0 Å². The van der Waals surface area contributed by atoms with Gasteiger partial charge in [0.25, 0.3) is 0 Å². The predicted octanol–water partition coefficient (Wildman–Crippen LogP) is 1.17. The summed E-state index contributed by atoms with van der Waals surface area (Å²) in [5.74, 6) is 0. The zero-order chi connectivity index (χ0) is 14.1. The smallest absolute Gasteiger partial charge is 0.0787 e. The fraction of sp³-hybridized carbons (Fsp3) is 1.00. The first-order valence-corrected chi connectivity index (χ1v) is 7.63. The van der Waals surface area contributed by atoms with Gasteiger partial charge in [-0.2, -0.15) is 0 Å². The average molecular weight is 269 g/mol. The second kappa shape index (κ2) is 5.68. The molecule has 4 heteroatoms. The number of nitrogens with one attached hydrogen (secondary N) is 1. The van der Waals surface area contributed by atoms with Gasteiger partial charge >= 0.3 is 0 Å². The topological polar surface area (TPSA) is 27.7 Å². The van der Waals surface area contributed by atoms with E-state index in [2.05, 4.69) is 49.9 Å². The van der Waals surface area contributed by atoms with Crippen molar-refractivity contribution >= 4 is 0 Å². The summed E-state index contributed by atoms with van der Waals surface area (Å²) in [4.78, 5) is 4.96. The highest BCUT2D eigenvalue weighted by Gasteiger charge is 2.45. The van der Waals surface area contributed by atoms with Crippen molar-refractivity contribution in [2.45, 2.75) is 51.4 Å². The van der Waals surface area contributed by atoms with Crippen LogP contribution in [0.3, 0.4) is 0 Å². The van der Waals surface area contributed by atoms with Gasteiger partial charge in [-0.05, 0) is 41.2 Å². The van der Waals surface area contributed by atoms with E-state index in [1.54, 1.807) is 0 Å². The molecule has 0 aliphatic carbocycles. The lowest BCUT2D eigenvalue weighted by molar-refractivity contribution is -0.0698. The van der Waals surface area contributed by atoms with Crippen LogP contribution in [0, 0.1) is 0 Å². The average Bonchev–Trinajstić information content (AvgIpc) is 2.49. The van der Waals surface area contributed by atoms with Crippen LogP contribution in [0.15, 0.2) is 0 Å². The number of likely N-dealkylation sites (N-methyl/N-ethyl adjacent to an activating group) is 1. The van der Waals surface area contributed by atoms with Crippen LogP contribution in [0.2, 0.25) is 0 Å². The molecule has 2 rings (SSSR count). The van der Waals surface area contributed by atoms with E-state index in [0.29, 0.717) is 6.04 Å². The van der Waals surface area contributed by atoms with Gasteiger partial charge in [0.05, 0.1) is 11.2 Å². The van der Waals surface area contributed by atoms with E-state index < -0.39 is 0 Å². The van der Waals surface area contributed by atoms with E-state index >= 15 is 0 Å². The normalized spacial score (nSPS) is 31.7. The number of piperazine rings is 1. The van der Waals surface area contributed by atoms with Gasteiger partial charge in [0.15, 0.2) is 0 Å². The first-order valence-electron chi connectivity index (χ1n) is 7.63. The van der Waals surface area contributed by atoms with E-state index in [4.69, 9.17) is 4.74 Å². The van der Waals surface area contributed by atoms with Crippen LogP contribution in [0.25, 0.3) is 0 Å². The standard InChI is InChI=1S/C15H31N3O/c1-14(2)12-13(15(3,4)19-14)16-6-7-18-10-8-17(5)9-11-18/h13,16H,6-12H2,1-5H3. The number of rotatable bonds is 4. The highest BCUT2D eigenvalue weighted by atomic mass is 16.5. The molecule has 1 unspecified atom stereocenters. The summed E-state index contributed by atoms with van der Waals surface area (Å²) >= 11 is 0. The number of nitrogens with zero attached hydrogens (tertiary/aromatic N) is 2. The third-order valence-electron chi connectivity index (χ3n) is 4.49. The quantitative estimate of drug-likeness (QED) is 0.829. The Morgan fingerprint density at radius 1 is 1.11 bits per heavy atom. The molecule has 2 heterocycles. The largest absolute Gasteiger partial charge is 0.368 e. The van der Waals surface area contributed by atoms with Crippen LogP contribution >= 0.6 is 0 Å². The van der Waals surface area contributed by atoms with E-state index in [1.165, 1.54) is 26.2 Å². The molecule has 0 aromatic rings. The minimum absolute atomic E-state index is 0.00893. The molecule has 4 nitrogen and oxygen atoms in total. The summed E-state index contributed by atoms with van der Waals surface area (Å²) in [6.07, 6.45) is 1.10. The second-order valence-electron chi connectivity index (χ2n) is 7.32. The third kappa shape index (κ3) is 4.15. The molecule has 19 heavy (non-hydrogen) atoms. The maximum absolute atomic E-state index is 6.12. The highest BCUT2D eigenvalue weighted by molar-refractivity contribution is 4.98. The Labute approximate surface area is 118 Å². The SMILES string of the molecule is CN1CCN(CCNC2CC(C)(C)OC2(C)C)CC1. The van der Waals surface area contributed by atoms with Gasteiger partial charge in [0, 0.05) is 45.3 Å². The van der Waals surface area contributed by atoms with E-state index in [1.807, 2.05) is 0 Å². The van der Waals surface area contributed by atoms with Gasteiger partial charge in [-0.3, -0.25) is 4.90 Å². The summed E-state index contributed by atoms with van der Waals surface area (Å²) in [5, 5.41) is 3.71. The van der Waals surface area contributed by atoms with Crippen LogP contribution in [-0.4, -0.2) is 73.4 Å². The molecule has 112 valence electrons. The molecular weight excluding hydrogens is 238 g/mol. The first-order chi connectivity index (χ1) is 8.78. The first kappa shape index (κ1) is 15.2. The minimum atomic E-state index is -0.0500. The molecule has 0 saturated carbocycles. The summed E-state index contributed by atoms with van der Waals surface area (Å²) in [5.41, 5.74) is -0.0411. The molecule has 0 bridgehead atoms. The monoisotopic (exact) mass is 269 g/mol. The molecule has 1 atom stereocenters. The fourth-order valence-electron chi connectivity index (χ4n) is 3.35. The van der Waals surface area contributed by atoms with Crippen molar-refractivity contribution in [3.8, 4) is 0 Å². The lowest BCUT2D eigenvalue weighted by Crippen LogP contribution is -2.49. The Morgan fingerprint density at radius 2 is 1.74 bits per heavy atom. The van der Waals surface area contributed by atoms with Crippen LogP contribution in [0.5, 0.6) is 0 Å². The van der Waals surface area contributed by atoms with E-state index in [9.17, 15) is 0 Å². The fourth-order valence-corrected chi connectivity index (χ4v) is 3.35. The summed E-state index contributed by atoms with van der Waals surface area (Å²) < 4.78 is 6.12. The van der Waals surface area contributed by atoms with E-state index in [-0.39, 0.29) is 11.2 Å².